The van der Waals surface area contributed by atoms with Gasteiger partial charge in [-0.2, -0.15) is 0 Å². The molecule has 2 N–H and O–H groups in total. The average molecular weight is 292 g/mol. The predicted octanol–water partition coefficient (Wildman–Crippen LogP) is 2.59. The second-order valence-electron chi connectivity index (χ2n) is 6.06. The molecule has 1 aromatic rings. The molecule has 0 saturated heterocycles. The Morgan fingerprint density at radius 3 is 2.48 bits per heavy atom. The Hall–Kier alpha value is -1.10. The zero-order valence-corrected chi connectivity index (χ0v) is 13.5. The fourth-order valence-electron chi connectivity index (χ4n) is 3.42. The zero-order chi connectivity index (χ0) is 15.3. The summed E-state index contributed by atoms with van der Waals surface area (Å²) in [5, 5.41) is 0. The van der Waals surface area contributed by atoms with E-state index in [0.29, 0.717) is 13.2 Å². The molecule has 1 aromatic carbocycles. The van der Waals surface area contributed by atoms with E-state index in [4.69, 9.17) is 15.2 Å². The van der Waals surface area contributed by atoms with Crippen molar-refractivity contribution in [2.24, 2.45) is 5.73 Å². The molecule has 118 valence electrons. The third-order valence-corrected chi connectivity index (χ3v) is 4.74. The molecule has 21 heavy (non-hydrogen) atoms. The normalized spacial score (nSPS) is 18.9. The third-order valence-electron chi connectivity index (χ3n) is 4.74. The SMILES string of the molecule is COCCOc1ccccc1C(N)C1(N(C)C)CCCC1. The van der Waals surface area contributed by atoms with E-state index in [1.807, 2.05) is 18.2 Å². The van der Waals surface area contributed by atoms with Gasteiger partial charge in [-0.1, -0.05) is 31.0 Å². The van der Waals surface area contributed by atoms with Crippen molar-refractivity contribution in [1.29, 1.82) is 0 Å². The van der Waals surface area contributed by atoms with Crippen LogP contribution in [-0.2, 0) is 4.74 Å². The van der Waals surface area contributed by atoms with Gasteiger partial charge in [0, 0.05) is 18.2 Å². The number of ether oxygens (including phenoxy) is 2. The molecule has 1 unspecified atom stereocenters. The van der Waals surface area contributed by atoms with Gasteiger partial charge in [0.15, 0.2) is 0 Å². The Morgan fingerprint density at radius 1 is 1.19 bits per heavy atom. The molecule has 0 amide bonds. The molecular weight excluding hydrogens is 264 g/mol. The minimum absolute atomic E-state index is 0.0336. The Morgan fingerprint density at radius 2 is 1.86 bits per heavy atom. The van der Waals surface area contributed by atoms with Crippen LogP contribution in [0.4, 0.5) is 0 Å². The summed E-state index contributed by atoms with van der Waals surface area (Å²) >= 11 is 0. The number of likely N-dealkylation sites (N-methyl/N-ethyl adjacent to an activating group) is 1. The minimum Gasteiger partial charge on any atom is -0.491 e. The van der Waals surface area contributed by atoms with Crippen molar-refractivity contribution >= 4 is 0 Å². The van der Waals surface area contributed by atoms with Crippen LogP contribution in [0, 0.1) is 0 Å². The Bertz CT molecular complexity index is 442. The van der Waals surface area contributed by atoms with Gasteiger partial charge in [-0.25, -0.2) is 0 Å². The molecular formula is C17H28N2O2. The van der Waals surface area contributed by atoms with Crippen molar-refractivity contribution in [3.63, 3.8) is 0 Å². The van der Waals surface area contributed by atoms with Crippen LogP contribution in [0.5, 0.6) is 5.75 Å². The lowest BCUT2D eigenvalue weighted by atomic mass is 9.82. The maximum Gasteiger partial charge on any atom is 0.124 e. The fraction of sp³-hybridized carbons (Fsp3) is 0.647. The van der Waals surface area contributed by atoms with Crippen molar-refractivity contribution in [1.82, 2.24) is 4.90 Å². The fourth-order valence-corrected chi connectivity index (χ4v) is 3.42. The van der Waals surface area contributed by atoms with Crippen LogP contribution in [-0.4, -0.2) is 44.9 Å². The van der Waals surface area contributed by atoms with Gasteiger partial charge in [0.2, 0.25) is 0 Å². The molecule has 4 heteroatoms. The van der Waals surface area contributed by atoms with Gasteiger partial charge in [0.25, 0.3) is 0 Å². The molecule has 1 aliphatic rings. The summed E-state index contributed by atoms with van der Waals surface area (Å²) in [7, 11) is 5.96. The largest absolute Gasteiger partial charge is 0.491 e. The number of nitrogens with two attached hydrogens (primary N) is 1. The Balaban J connectivity index is 2.23. The smallest absolute Gasteiger partial charge is 0.124 e. The van der Waals surface area contributed by atoms with Crippen LogP contribution in [0.1, 0.15) is 37.3 Å². The lowest BCUT2D eigenvalue weighted by Gasteiger charge is -2.42. The second kappa shape index (κ2) is 7.25. The number of hydrogen-bond acceptors (Lipinski definition) is 4. The highest BCUT2D eigenvalue weighted by atomic mass is 16.5. The first-order chi connectivity index (χ1) is 10.1. The molecule has 0 heterocycles. The highest BCUT2D eigenvalue weighted by Gasteiger charge is 2.42. The van der Waals surface area contributed by atoms with Crippen LogP contribution in [0.15, 0.2) is 24.3 Å². The van der Waals surface area contributed by atoms with Gasteiger partial charge in [-0.3, -0.25) is 0 Å². The first-order valence-corrected chi connectivity index (χ1v) is 7.75. The van der Waals surface area contributed by atoms with E-state index in [0.717, 1.165) is 24.2 Å². The Kier molecular flexibility index (Phi) is 5.62. The number of nitrogens with zero attached hydrogens (tertiary/aromatic N) is 1. The van der Waals surface area contributed by atoms with E-state index in [1.54, 1.807) is 7.11 Å². The van der Waals surface area contributed by atoms with E-state index in [-0.39, 0.29) is 11.6 Å². The summed E-state index contributed by atoms with van der Waals surface area (Å²) in [6.45, 7) is 1.14. The first kappa shape index (κ1) is 16.3. The summed E-state index contributed by atoms with van der Waals surface area (Å²) in [6.07, 6.45) is 4.79. The summed E-state index contributed by atoms with van der Waals surface area (Å²) in [5.41, 5.74) is 7.83. The summed E-state index contributed by atoms with van der Waals surface area (Å²) < 4.78 is 10.9. The third kappa shape index (κ3) is 3.39. The number of methoxy groups -OCH3 is 1. The average Bonchev–Trinajstić information content (AvgIpc) is 2.98. The topological polar surface area (TPSA) is 47.7 Å². The van der Waals surface area contributed by atoms with E-state index in [2.05, 4.69) is 25.1 Å². The molecule has 2 rings (SSSR count). The molecule has 0 bridgehead atoms. The summed E-state index contributed by atoms with van der Waals surface area (Å²) in [6, 6.07) is 8.10. The molecule has 0 radical (unpaired) electrons. The van der Waals surface area contributed by atoms with Crippen LogP contribution in [0.3, 0.4) is 0 Å². The maximum atomic E-state index is 6.69. The van der Waals surface area contributed by atoms with E-state index in [9.17, 15) is 0 Å². The molecule has 4 nitrogen and oxygen atoms in total. The lowest BCUT2D eigenvalue weighted by molar-refractivity contribution is 0.118. The highest BCUT2D eigenvalue weighted by Crippen LogP contribution is 2.44. The molecule has 1 saturated carbocycles. The van der Waals surface area contributed by atoms with Gasteiger partial charge >= 0.3 is 0 Å². The quantitative estimate of drug-likeness (QED) is 0.785. The first-order valence-electron chi connectivity index (χ1n) is 7.75. The van der Waals surface area contributed by atoms with Gasteiger partial charge in [0.05, 0.1) is 12.6 Å². The van der Waals surface area contributed by atoms with E-state index >= 15 is 0 Å². The lowest BCUT2D eigenvalue weighted by Crippen LogP contribution is -2.50. The zero-order valence-electron chi connectivity index (χ0n) is 13.5. The predicted molar refractivity (Wildman–Crippen MR) is 85.6 cm³/mol. The summed E-state index contributed by atoms with van der Waals surface area (Å²) in [4.78, 5) is 2.30. The molecule has 1 atom stereocenters. The van der Waals surface area contributed by atoms with Crippen molar-refractivity contribution < 1.29 is 9.47 Å². The monoisotopic (exact) mass is 292 g/mol. The van der Waals surface area contributed by atoms with E-state index in [1.165, 1.54) is 12.8 Å². The van der Waals surface area contributed by atoms with Crippen molar-refractivity contribution in [3.05, 3.63) is 29.8 Å². The van der Waals surface area contributed by atoms with Crippen LogP contribution in [0.25, 0.3) is 0 Å². The number of hydrogen-bond donors (Lipinski definition) is 1. The van der Waals surface area contributed by atoms with Crippen molar-refractivity contribution in [2.75, 3.05) is 34.4 Å². The van der Waals surface area contributed by atoms with Crippen molar-refractivity contribution in [2.45, 2.75) is 37.3 Å². The maximum absolute atomic E-state index is 6.69. The van der Waals surface area contributed by atoms with Gasteiger partial charge in [-0.05, 0) is 33.0 Å². The van der Waals surface area contributed by atoms with Gasteiger partial charge in [-0.15, -0.1) is 0 Å². The number of benzene rings is 1. The molecule has 0 spiro atoms. The Labute approximate surface area is 128 Å². The molecule has 0 aromatic heterocycles. The molecule has 0 aliphatic heterocycles. The number of rotatable bonds is 7. The van der Waals surface area contributed by atoms with E-state index < -0.39 is 0 Å². The highest BCUT2D eigenvalue weighted by molar-refractivity contribution is 5.38. The van der Waals surface area contributed by atoms with Crippen LogP contribution < -0.4 is 10.5 Å². The standard InChI is InChI=1S/C17H28N2O2/c1-19(2)17(10-6-7-11-17)16(18)14-8-4-5-9-15(14)21-13-12-20-3/h4-5,8-9,16H,6-7,10-13,18H2,1-3H3. The van der Waals surface area contributed by atoms with Crippen LogP contribution >= 0.6 is 0 Å². The molecule has 1 aliphatic carbocycles. The van der Waals surface area contributed by atoms with Gasteiger partial charge in [0.1, 0.15) is 12.4 Å². The van der Waals surface area contributed by atoms with Crippen LogP contribution in [0.2, 0.25) is 0 Å². The number of para-hydroxylation sites is 1. The molecule has 1 fully saturated rings. The minimum atomic E-state index is -0.0336. The van der Waals surface area contributed by atoms with Crippen molar-refractivity contribution in [3.8, 4) is 5.75 Å². The summed E-state index contributed by atoms with van der Waals surface area (Å²) in [5.74, 6) is 0.884. The van der Waals surface area contributed by atoms with Gasteiger partial charge < -0.3 is 20.1 Å². The second-order valence-corrected chi connectivity index (χ2v) is 6.06.